The van der Waals surface area contributed by atoms with Crippen molar-refractivity contribution in [3.05, 3.63) is 29.8 Å². The van der Waals surface area contributed by atoms with Gasteiger partial charge in [-0.3, -0.25) is 4.79 Å². The third-order valence-electron chi connectivity index (χ3n) is 2.62. The number of rotatable bonds is 5. The maximum absolute atomic E-state index is 11.4. The lowest BCUT2D eigenvalue weighted by Gasteiger charge is -2.13. The van der Waals surface area contributed by atoms with Crippen LogP contribution in [0.25, 0.3) is 0 Å². The number of carboxylic acids is 1. The van der Waals surface area contributed by atoms with Crippen molar-refractivity contribution in [1.29, 1.82) is 0 Å². The monoisotopic (exact) mass is 251 g/mol. The van der Waals surface area contributed by atoms with Gasteiger partial charge in [0.2, 0.25) is 0 Å². The number of ether oxygens (including phenoxy) is 1. The van der Waals surface area contributed by atoms with E-state index < -0.39 is 24.0 Å². The average Bonchev–Trinajstić information content (AvgIpc) is 3.14. The van der Waals surface area contributed by atoms with E-state index in [4.69, 9.17) is 14.9 Å². The van der Waals surface area contributed by atoms with Crippen LogP contribution in [0.2, 0.25) is 0 Å². The Hall–Kier alpha value is -2.08. The number of carbonyl (C=O) groups is 2. The number of phenols is 1. The molecule has 0 saturated carbocycles. The van der Waals surface area contributed by atoms with Crippen LogP contribution in [-0.2, 0) is 20.7 Å². The molecule has 0 bridgehead atoms. The molecule has 0 aliphatic carbocycles. The van der Waals surface area contributed by atoms with Gasteiger partial charge in [0.25, 0.3) is 5.91 Å². The minimum atomic E-state index is -1.10. The molecule has 1 aromatic rings. The first-order chi connectivity index (χ1) is 8.56. The predicted octanol–water partition coefficient (Wildman–Crippen LogP) is -0.0971. The van der Waals surface area contributed by atoms with Gasteiger partial charge < -0.3 is 20.3 Å². The van der Waals surface area contributed by atoms with Crippen molar-refractivity contribution in [2.45, 2.75) is 18.6 Å². The zero-order valence-corrected chi connectivity index (χ0v) is 9.50. The van der Waals surface area contributed by atoms with Gasteiger partial charge in [0.1, 0.15) is 11.8 Å². The first kappa shape index (κ1) is 12.4. The van der Waals surface area contributed by atoms with Crippen molar-refractivity contribution in [3.63, 3.8) is 0 Å². The Morgan fingerprint density at radius 3 is 2.50 bits per heavy atom. The lowest BCUT2D eigenvalue weighted by atomic mass is 10.1. The molecule has 0 radical (unpaired) electrons. The summed E-state index contributed by atoms with van der Waals surface area (Å²) in [6, 6.07) is 5.18. The number of carboxylic acid groups (broad SMARTS) is 1. The topological polar surface area (TPSA) is 99.2 Å². The van der Waals surface area contributed by atoms with Crippen LogP contribution in [0.3, 0.4) is 0 Å². The molecule has 0 spiro atoms. The van der Waals surface area contributed by atoms with E-state index in [1.807, 2.05) is 0 Å². The van der Waals surface area contributed by atoms with Crippen LogP contribution in [0.15, 0.2) is 24.3 Å². The highest BCUT2D eigenvalue weighted by atomic mass is 16.6. The van der Waals surface area contributed by atoms with Gasteiger partial charge in [-0.2, -0.15) is 0 Å². The van der Waals surface area contributed by atoms with Crippen molar-refractivity contribution in [1.82, 2.24) is 5.32 Å². The zero-order valence-electron chi connectivity index (χ0n) is 9.50. The van der Waals surface area contributed by atoms with Crippen LogP contribution in [-0.4, -0.2) is 40.8 Å². The van der Waals surface area contributed by atoms with Gasteiger partial charge in [-0.1, -0.05) is 12.1 Å². The van der Waals surface area contributed by atoms with E-state index >= 15 is 0 Å². The smallest absolute Gasteiger partial charge is 0.326 e. The first-order valence-electron chi connectivity index (χ1n) is 5.49. The van der Waals surface area contributed by atoms with Gasteiger partial charge in [0, 0.05) is 6.42 Å². The lowest BCUT2D eigenvalue weighted by molar-refractivity contribution is -0.141. The number of nitrogens with one attached hydrogen (secondary N) is 1. The van der Waals surface area contributed by atoms with Crippen LogP contribution in [0, 0.1) is 0 Å². The van der Waals surface area contributed by atoms with Gasteiger partial charge in [-0.25, -0.2) is 4.79 Å². The van der Waals surface area contributed by atoms with E-state index in [-0.39, 0.29) is 12.2 Å². The SMILES string of the molecule is O=C(O)[C@H](Cc1ccc(O)cc1)NC(=O)[C@@H]1CO1. The summed E-state index contributed by atoms with van der Waals surface area (Å²) in [6.45, 7) is 0.345. The van der Waals surface area contributed by atoms with Crippen molar-refractivity contribution in [2.75, 3.05) is 6.61 Å². The molecular weight excluding hydrogens is 238 g/mol. The van der Waals surface area contributed by atoms with Gasteiger partial charge in [0.05, 0.1) is 6.61 Å². The third-order valence-corrected chi connectivity index (χ3v) is 2.62. The molecule has 1 aliphatic heterocycles. The standard InChI is InChI=1S/C12H13NO5/c14-8-3-1-7(2-4-8)5-9(12(16)17)13-11(15)10-6-18-10/h1-4,9-10,14H,5-6H2,(H,13,15)(H,16,17)/t9-,10-/m0/s1. The fraction of sp³-hybridized carbons (Fsp3) is 0.333. The fourth-order valence-corrected chi connectivity index (χ4v) is 1.53. The average molecular weight is 251 g/mol. The molecule has 18 heavy (non-hydrogen) atoms. The van der Waals surface area contributed by atoms with E-state index in [0.29, 0.717) is 6.61 Å². The second-order valence-electron chi connectivity index (χ2n) is 4.09. The molecule has 6 nitrogen and oxygen atoms in total. The minimum absolute atomic E-state index is 0.112. The van der Waals surface area contributed by atoms with Crippen LogP contribution in [0.4, 0.5) is 0 Å². The first-order valence-corrected chi connectivity index (χ1v) is 5.49. The van der Waals surface area contributed by atoms with E-state index in [0.717, 1.165) is 5.56 Å². The number of aromatic hydroxyl groups is 1. The van der Waals surface area contributed by atoms with E-state index in [1.54, 1.807) is 12.1 Å². The highest BCUT2D eigenvalue weighted by Crippen LogP contribution is 2.13. The Labute approximate surface area is 103 Å². The number of epoxide rings is 1. The number of hydrogen-bond acceptors (Lipinski definition) is 4. The number of amides is 1. The number of benzene rings is 1. The Balaban J connectivity index is 1.99. The second kappa shape index (κ2) is 5.05. The van der Waals surface area contributed by atoms with E-state index in [9.17, 15) is 9.59 Å². The molecule has 1 aliphatic rings. The van der Waals surface area contributed by atoms with Crippen molar-refractivity contribution in [2.24, 2.45) is 0 Å². The molecular formula is C12H13NO5. The summed E-state index contributed by atoms with van der Waals surface area (Å²) >= 11 is 0. The van der Waals surface area contributed by atoms with Crippen LogP contribution in [0.1, 0.15) is 5.56 Å². The quantitative estimate of drug-likeness (QED) is 0.635. The molecule has 6 heteroatoms. The van der Waals surface area contributed by atoms with Gasteiger partial charge in [-0.15, -0.1) is 0 Å². The molecule has 0 unspecified atom stereocenters. The van der Waals surface area contributed by atoms with Gasteiger partial charge in [0.15, 0.2) is 6.10 Å². The summed E-state index contributed by atoms with van der Waals surface area (Å²) in [7, 11) is 0. The fourth-order valence-electron chi connectivity index (χ4n) is 1.53. The molecule has 2 atom stereocenters. The molecule has 0 aromatic heterocycles. The largest absolute Gasteiger partial charge is 0.508 e. The summed E-state index contributed by atoms with van der Waals surface area (Å²) in [5.41, 5.74) is 0.720. The maximum atomic E-state index is 11.4. The summed E-state index contributed by atoms with van der Waals surface area (Å²) in [6.07, 6.45) is -0.347. The molecule has 1 fully saturated rings. The van der Waals surface area contributed by atoms with Gasteiger partial charge >= 0.3 is 5.97 Å². The molecule has 1 amide bonds. The summed E-state index contributed by atoms with van der Waals surface area (Å²) in [4.78, 5) is 22.5. The molecule has 96 valence electrons. The molecule has 2 rings (SSSR count). The Morgan fingerprint density at radius 2 is 2.00 bits per heavy atom. The van der Waals surface area contributed by atoms with E-state index in [2.05, 4.69) is 5.32 Å². The molecule has 3 N–H and O–H groups in total. The zero-order chi connectivity index (χ0) is 13.1. The van der Waals surface area contributed by atoms with Crippen molar-refractivity contribution in [3.8, 4) is 5.75 Å². The molecule has 1 saturated heterocycles. The number of aliphatic carboxylic acids is 1. The number of hydrogen-bond donors (Lipinski definition) is 3. The third kappa shape index (κ3) is 3.21. The lowest BCUT2D eigenvalue weighted by Crippen LogP contribution is -2.44. The predicted molar refractivity (Wildman–Crippen MR) is 61.1 cm³/mol. The van der Waals surface area contributed by atoms with Crippen molar-refractivity contribution >= 4 is 11.9 Å². The van der Waals surface area contributed by atoms with Crippen molar-refractivity contribution < 1.29 is 24.5 Å². The maximum Gasteiger partial charge on any atom is 0.326 e. The highest BCUT2D eigenvalue weighted by molar-refractivity contribution is 5.87. The summed E-state index contributed by atoms with van der Waals surface area (Å²) < 4.78 is 4.78. The number of phenolic OH excluding ortho intramolecular Hbond substituents is 1. The molecule has 1 aromatic carbocycles. The Morgan fingerprint density at radius 1 is 1.39 bits per heavy atom. The van der Waals surface area contributed by atoms with Gasteiger partial charge in [-0.05, 0) is 17.7 Å². The molecule has 1 heterocycles. The minimum Gasteiger partial charge on any atom is -0.508 e. The highest BCUT2D eigenvalue weighted by Gasteiger charge is 2.34. The Bertz CT molecular complexity index is 452. The number of carbonyl (C=O) groups excluding carboxylic acids is 1. The second-order valence-corrected chi connectivity index (χ2v) is 4.09. The van der Waals surface area contributed by atoms with Crippen LogP contribution >= 0.6 is 0 Å². The Kier molecular flexibility index (Phi) is 3.47. The van der Waals surface area contributed by atoms with E-state index in [1.165, 1.54) is 12.1 Å². The van der Waals surface area contributed by atoms with Crippen LogP contribution in [0.5, 0.6) is 5.75 Å². The van der Waals surface area contributed by atoms with Crippen LogP contribution < -0.4 is 5.32 Å². The normalized spacial score (nSPS) is 19.0. The summed E-state index contributed by atoms with van der Waals surface area (Å²) in [5, 5.41) is 20.6. The summed E-state index contributed by atoms with van der Waals surface area (Å²) in [5.74, 6) is -1.39.